The molecule has 0 saturated carbocycles. The molecule has 0 aliphatic rings. The highest BCUT2D eigenvalue weighted by Gasteiger charge is 2.15. The van der Waals surface area contributed by atoms with Gasteiger partial charge in [-0.05, 0) is 31.2 Å². The SMILES string of the molecule is CCOC(=O)c1ccc(-c2nc(Cl)c(-c3ccc(Cl)cc3)nc2Cl)cc1. The van der Waals surface area contributed by atoms with Crippen molar-refractivity contribution >= 4 is 40.8 Å². The number of aromatic nitrogens is 2. The molecule has 0 saturated heterocycles. The van der Waals surface area contributed by atoms with Gasteiger partial charge in [0.05, 0.1) is 12.2 Å². The lowest BCUT2D eigenvalue weighted by Gasteiger charge is -2.09. The van der Waals surface area contributed by atoms with Crippen molar-refractivity contribution in [2.45, 2.75) is 6.92 Å². The van der Waals surface area contributed by atoms with E-state index in [1.807, 2.05) is 0 Å². The van der Waals surface area contributed by atoms with Gasteiger partial charge in [-0.1, -0.05) is 59.1 Å². The number of halogens is 3. The lowest BCUT2D eigenvalue weighted by Crippen LogP contribution is -2.04. The number of carbonyl (C=O) groups is 1. The summed E-state index contributed by atoms with van der Waals surface area (Å²) in [4.78, 5) is 20.5. The van der Waals surface area contributed by atoms with Crippen LogP contribution in [0.3, 0.4) is 0 Å². The summed E-state index contributed by atoms with van der Waals surface area (Å²) in [6.45, 7) is 2.07. The molecule has 0 amide bonds. The highest BCUT2D eigenvalue weighted by molar-refractivity contribution is 6.34. The molecule has 7 heteroatoms. The summed E-state index contributed by atoms with van der Waals surface area (Å²) in [5.74, 6) is -0.382. The fourth-order valence-electron chi connectivity index (χ4n) is 2.35. The molecule has 3 rings (SSSR count). The molecule has 0 N–H and O–H groups in total. The van der Waals surface area contributed by atoms with Crippen molar-refractivity contribution in [3.63, 3.8) is 0 Å². The van der Waals surface area contributed by atoms with E-state index in [0.29, 0.717) is 34.1 Å². The third-order valence-electron chi connectivity index (χ3n) is 3.60. The van der Waals surface area contributed by atoms with Gasteiger partial charge in [0.1, 0.15) is 11.4 Å². The topological polar surface area (TPSA) is 52.1 Å². The van der Waals surface area contributed by atoms with E-state index in [9.17, 15) is 4.79 Å². The van der Waals surface area contributed by atoms with Crippen molar-refractivity contribution in [2.75, 3.05) is 6.61 Å². The average molecular weight is 408 g/mol. The highest BCUT2D eigenvalue weighted by Crippen LogP contribution is 2.32. The van der Waals surface area contributed by atoms with Gasteiger partial charge >= 0.3 is 5.97 Å². The van der Waals surface area contributed by atoms with Gasteiger partial charge in [0, 0.05) is 16.1 Å². The number of rotatable bonds is 4. The van der Waals surface area contributed by atoms with Gasteiger partial charge in [0.2, 0.25) is 0 Å². The first-order valence-electron chi connectivity index (χ1n) is 7.76. The Morgan fingerprint density at radius 2 is 1.31 bits per heavy atom. The summed E-state index contributed by atoms with van der Waals surface area (Å²) in [6.07, 6.45) is 0. The Morgan fingerprint density at radius 1 is 0.846 bits per heavy atom. The van der Waals surface area contributed by atoms with Crippen LogP contribution in [-0.2, 0) is 4.74 Å². The Labute approximate surface area is 165 Å². The van der Waals surface area contributed by atoms with Crippen molar-refractivity contribution in [1.82, 2.24) is 9.97 Å². The molecular formula is C19H13Cl3N2O2. The molecule has 2 aromatic carbocycles. The van der Waals surface area contributed by atoms with Crippen LogP contribution in [0.4, 0.5) is 0 Å². The van der Waals surface area contributed by atoms with Gasteiger partial charge in [-0.3, -0.25) is 0 Å². The zero-order valence-electron chi connectivity index (χ0n) is 13.7. The van der Waals surface area contributed by atoms with Gasteiger partial charge in [-0.25, -0.2) is 14.8 Å². The van der Waals surface area contributed by atoms with Crippen LogP contribution in [0, 0.1) is 0 Å². The van der Waals surface area contributed by atoms with Gasteiger partial charge in [0.25, 0.3) is 0 Å². The van der Waals surface area contributed by atoms with Gasteiger partial charge < -0.3 is 4.74 Å². The molecule has 0 aliphatic carbocycles. The molecule has 0 aliphatic heterocycles. The Bertz CT molecular complexity index is 942. The van der Waals surface area contributed by atoms with Crippen LogP contribution in [0.25, 0.3) is 22.5 Å². The van der Waals surface area contributed by atoms with Crippen LogP contribution in [-0.4, -0.2) is 22.5 Å². The first-order chi connectivity index (χ1) is 12.5. The van der Waals surface area contributed by atoms with Crippen molar-refractivity contribution in [3.8, 4) is 22.5 Å². The van der Waals surface area contributed by atoms with Crippen molar-refractivity contribution < 1.29 is 9.53 Å². The molecule has 3 aromatic rings. The van der Waals surface area contributed by atoms with Crippen LogP contribution in [0.15, 0.2) is 48.5 Å². The molecule has 0 radical (unpaired) electrons. The average Bonchev–Trinajstić information content (AvgIpc) is 2.64. The maximum absolute atomic E-state index is 11.7. The Balaban J connectivity index is 1.95. The molecular weight excluding hydrogens is 395 g/mol. The summed E-state index contributed by atoms with van der Waals surface area (Å²) in [6, 6.07) is 13.8. The third kappa shape index (κ3) is 3.98. The minimum Gasteiger partial charge on any atom is -0.462 e. The fourth-order valence-corrected chi connectivity index (χ4v) is 2.95. The number of carbonyl (C=O) groups excluding carboxylic acids is 1. The quantitative estimate of drug-likeness (QED) is 0.502. The van der Waals surface area contributed by atoms with Crippen molar-refractivity contribution in [2.24, 2.45) is 0 Å². The first kappa shape index (κ1) is 18.6. The number of esters is 1. The predicted octanol–water partition coefficient (Wildman–Crippen LogP) is 5.95. The van der Waals surface area contributed by atoms with Crippen molar-refractivity contribution in [3.05, 3.63) is 69.4 Å². The fraction of sp³-hybridized carbons (Fsp3) is 0.105. The van der Waals surface area contributed by atoms with Gasteiger partial charge in [-0.15, -0.1) is 0 Å². The lowest BCUT2D eigenvalue weighted by molar-refractivity contribution is 0.0526. The Kier molecular flexibility index (Phi) is 5.77. The molecule has 0 bridgehead atoms. The third-order valence-corrected chi connectivity index (χ3v) is 4.38. The lowest BCUT2D eigenvalue weighted by atomic mass is 10.1. The summed E-state index contributed by atoms with van der Waals surface area (Å²) in [5.41, 5.74) is 2.81. The smallest absolute Gasteiger partial charge is 0.338 e. The summed E-state index contributed by atoms with van der Waals surface area (Å²) in [5, 5.41) is 1.05. The van der Waals surface area contributed by atoms with E-state index >= 15 is 0 Å². The number of hydrogen-bond acceptors (Lipinski definition) is 4. The van der Waals surface area contributed by atoms with E-state index in [1.54, 1.807) is 55.5 Å². The second-order valence-electron chi connectivity index (χ2n) is 5.31. The molecule has 0 unspecified atom stereocenters. The minimum absolute atomic E-state index is 0.211. The maximum atomic E-state index is 11.7. The van der Waals surface area contributed by atoms with E-state index in [1.165, 1.54) is 0 Å². The zero-order chi connectivity index (χ0) is 18.7. The first-order valence-corrected chi connectivity index (χ1v) is 8.89. The number of benzene rings is 2. The predicted molar refractivity (Wildman–Crippen MR) is 104 cm³/mol. The van der Waals surface area contributed by atoms with Crippen LogP contribution < -0.4 is 0 Å². The van der Waals surface area contributed by atoms with E-state index in [4.69, 9.17) is 39.5 Å². The molecule has 26 heavy (non-hydrogen) atoms. The molecule has 4 nitrogen and oxygen atoms in total. The van der Waals surface area contributed by atoms with E-state index in [2.05, 4.69) is 9.97 Å². The largest absolute Gasteiger partial charge is 0.462 e. The van der Waals surface area contributed by atoms with E-state index in [-0.39, 0.29) is 16.3 Å². The Morgan fingerprint density at radius 3 is 1.77 bits per heavy atom. The molecule has 0 atom stereocenters. The summed E-state index contributed by atoms with van der Waals surface area (Å²) in [7, 11) is 0. The molecule has 132 valence electrons. The van der Waals surface area contributed by atoms with Gasteiger partial charge in [0.15, 0.2) is 10.3 Å². The minimum atomic E-state index is -0.382. The van der Waals surface area contributed by atoms with Crippen LogP contribution >= 0.6 is 34.8 Å². The highest BCUT2D eigenvalue weighted by atomic mass is 35.5. The van der Waals surface area contributed by atoms with Crippen LogP contribution in [0.1, 0.15) is 17.3 Å². The normalized spacial score (nSPS) is 10.6. The van der Waals surface area contributed by atoms with E-state index < -0.39 is 0 Å². The summed E-state index contributed by atoms with van der Waals surface area (Å²) >= 11 is 18.5. The second-order valence-corrected chi connectivity index (χ2v) is 6.46. The van der Waals surface area contributed by atoms with E-state index in [0.717, 1.165) is 5.56 Å². The molecule has 0 spiro atoms. The Hall–Kier alpha value is -2.14. The number of nitrogens with zero attached hydrogens (tertiary/aromatic N) is 2. The summed E-state index contributed by atoms with van der Waals surface area (Å²) < 4.78 is 4.97. The molecule has 1 aromatic heterocycles. The number of hydrogen-bond donors (Lipinski definition) is 0. The zero-order valence-corrected chi connectivity index (χ0v) is 15.9. The maximum Gasteiger partial charge on any atom is 0.338 e. The van der Waals surface area contributed by atoms with Crippen LogP contribution in [0.5, 0.6) is 0 Å². The van der Waals surface area contributed by atoms with Gasteiger partial charge in [-0.2, -0.15) is 0 Å². The molecule has 1 heterocycles. The molecule has 0 fully saturated rings. The van der Waals surface area contributed by atoms with Crippen molar-refractivity contribution in [1.29, 1.82) is 0 Å². The standard InChI is InChI=1S/C19H13Cl3N2O2/c1-2-26-19(25)13-5-3-11(4-6-13)15-17(21)24-16(18(22)23-15)12-7-9-14(20)10-8-12/h3-10H,2H2,1H3. The monoisotopic (exact) mass is 406 g/mol. The second kappa shape index (κ2) is 8.04. The van der Waals surface area contributed by atoms with Crippen LogP contribution in [0.2, 0.25) is 15.3 Å². The number of ether oxygens (including phenoxy) is 1.